The van der Waals surface area contributed by atoms with Gasteiger partial charge in [-0.15, -0.1) is 0 Å². The lowest BCUT2D eigenvalue weighted by molar-refractivity contribution is -0.137. The van der Waals surface area contributed by atoms with Gasteiger partial charge in [-0.05, 0) is 35.4 Å². The van der Waals surface area contributed by atoms with Gasteiger partial charge in [0, 0.05) is 0 Å². The van der Waals surface area contributed by atoms with Crippen molar-refractivity contribution in [3.05, 3.63) is 53.1 Å². The summed E-state index contributed by atoms with van der Waals surface area (Å²) in [5, 5.41) is 0.422. The minimum atomic E-state index is -4.32. The van der Waals surface area contributed by atoms with E-state index in [1.165, 1.54) is 12.1 Å². The maximum absolute atomic E-state index is 12.4. The topological polar surface area (TPSA) is 26.0 Å². The number of rotatable bonds is 1. The van der Waals surface area contributed by atoms with E-state index in [9.17, 15) is 13.2 Å². The Morgan fingerprint density at radius 3 is 1.94 bits per heavy atom. The lowest BCUT2D eigenvalue weighted by Gasteiger charge is -2.08. The first-order chi connectivity index (χ1) is 8.38. The van der Waals surface area contributed by atoms with Crippen LogP contribution in [0.25, 0.3) is 11.1 Å². The number of hydrogen-bond acceptors (Lipinski definition) is 1. The van der Waals surface area contributed by atoms with E-state index in [1.54, 1.807) is 18.2 Å². The lowest BCUT2D eigenvalue weighted by atomic mass is 10.0. The molecular formula is C13H9ClF3N. The van der Waals surface area contributed by atoms with Gasteiger partial charge < -0.3 is 5.73 Å². The number of alkyl halides is 3. The van der Waals surface area contributed by atoms with Crippen LogP contribution in [-0.4, -0.2) is 0 Å². The van der Waals surface area contributed by atoms with Gasteiger partial charge in [0.2, 0.25) is 0 Å². The maximum Gasteiger partial charge on any atom is 0.416 e. The van der Waals surface area contributed by atoms with Crippen LogP contribution in [0.4, 0.5) is 18.9 Å². The van der Waals surface area contributed by atoms with Gasteiger partial charge >= 0.3 is 6.18 Å². The Labute approximate surface area is 107 Å². The summed E-state index contributed by atoms with van der Waals surface area (Å²) >= 11 is 5.78. The molecule has 18 heavy (non-hydrogen) atoms. The number of anilines is 1. The minimum Gasteiger partial charge on any atom is -0.398 e. The van der Waals surface area contributed by atoms with Gasteiger partial charge in [-0.3, -0.25) is 0 Å². The summed E-state index contributed by atoms with van der Waals surface area (Å²) in [6, 6.07) is 9.85. The normalized spacial score (nSPS) is 11.6. The summed E-state index contributed by atoms with van der Waals surface area (Å²) in [6.07, 6.45) is -4.32. The molecule has 0 bridgehead atoms. The predicted octanol–water partition coefficient (Wildman–Crippen LogP) is 4.61. The smallest absolute Gasteiger partial charge is 0.398 e. The summed E-state index contributed by atoms with van der Waals surface area (Å²) in [5.41, 5.74) is 6.76. The Balaban J connectivity index is 2.37. The molecule has 0 heterocycles. The van der Waals surface area contributed by atoms with Crippen molar-refractivity contribution < 1.29 is 13.2 Å². The lowest BCUT2D eigenvalue weighted by Crippen LogP contribution is -2.03. The fraction of sp³-hybridized carbons (Fsp3) is 0.0769. The molecule has 0 amide bonds. The standard InChI is InChI=1S/C13H9ClF3N/c14-11-6-3-9(7-12(11)18)8-1-4-10(5-2-8)13(15,16)17/h1-7H,18H2. The highest BCUT2D eigenvalue weighted by Crippen LogP contribution is 2.32. The molecule has 0 aliphatic rings. The van der Waals surface area contributed by atoms with E-state index < -0.39 is 11.7 Å². The monoisotopic (exact) mass is 271 g/mol. The van der Waals surface area contributed by atoms with Crippen LogP contribution < -0.4 is 5.73 Å². The Morgan fingerprint density at radius 1 is 0.889 bits per heavy atom. The zero-order valence-electron chi connectivity index (χ0n) is 9.13. The van der Waals surface area contributed by atoms with Crippen LogP contribution >= 0.6 is 11.6 Å². The summed E-state index contributed by atoms with van der Waals surface area (Å²) in [4.78, 5) is 0. The number of halogens is 4. The molecule has 0 aliphatic heterocycles. The Morgan fingerprint density at radius 2 is 1.44 bits per heavy atom. The third-order valence-electron chi connectivity index (χ3n) is 2.54. The van der Waals surface area contributed by atoms with E-state index in [-0.39, 0.29) is 0 Å². The average molecular weight is 272 g/mol. The van der Waals surface area contributed by atoms with Gasteiger partial charge in [-0.2, -0.15) is 13.2 Å². The quantitative estimate of drug-likeness (QED) is 0.753. The highest BCUT2D eigenvalue weighted by Gasteiger charge is 2.29. The van der Waals surface area contributed by atoms with Crippen molar-refractivity contribution >= 4 is 17.3 Å². The molecule has 2 aromatic carbocycles. The molecule has 0 atom stereocenters. The van der Waals surface area contributed by atoms with Gasteiger partial charge in [-0.25, -0.2) is 0 Å². The van der Waals surface area contributed by atoms with Gasteiger partial charge in [0.1, 0.15) is 0 Å². The van der Waals surface area contributed by atoms with E-state index in [1.807, 2.05) is 0 Å². The largest absolute Gasteiger partial charge is 0.416 e. The maximum atomic E-state index is 12.4. The average Bonchev–Trinajstić information content (AvgIpc) is 2.32. The summed E-state index contributed by atoms with van der Waals surface area (Å²) < 4.78 is 37.2. The van der Waals surface area contributed by atoms with Crippen molar-refractivity contribution in [2.24, 2.45) is 0 Å². The van der Waals surface area contributed by atoms with E-state index in [2.05, 4.69) is 0 Å². The Hall–Kier alpha value is -1.68. The SMILES string of the molecule is Nc1cc(-c2ccc(C(F)(F)F)cc2)ccc1Cl. The van der Waals surface area contributed by atoms with E-state index >= 15 is 0 Å². The third-order valence-corrected chi connectivity index (χ3v) is 2.89. The second-order valence-corrected chi connectivity index (χ2v) is 4.22. The number of benzene rings is 2. The zero-order valence-corrected chi connectivity index (χ0v) is 9.89. The van der Waals surface area contributed by atoms with Crippen LogP contribution in [0.2, 0.25) is 5.02 Å². The van der Waals surface area contributed by atoms with Crippen molar-refractivity contribution in [2.45, 2.75) is 6.18 Å². The van der Waals surface area contributed by atoms with Crippen molar-refractivity contribution in [1.82, 2.24) is 0 Å². The fourth-order valence-electron chi connectivity index (χ4n) is 1.57. The minimum absolute atomic E-state index is 0.397. The van der Waals surface area contributed by atoms with Gasteiger partial charge in [0.05, 0.1) is 16.3 Å². The molecule has 0 aromatic heterocycles. The number of nitrogens with two attached hydrogens (primary N) is 1. The highest BCUT2D eigenvalue weighted by atomic mass is 35.5. The molecule has 1 nitrogen and oxygen atoms in total. The molecule has 0 saturated carbocycles. The molecule has 2 N–H and O–H groups in total. The molecule has 94 valence electrons. The zero-order chi connectivity index (χ0) is 13.3. The van der Waals surface area contributed by atoms with Crippen molar-refractivity contribution in [3.63, 3.8) is 0 Å². The van der Waals surface area contributed by atoms with Crippen molar-refractivity contribution in [1.29, 1.82) is 0 Å². The molecule has 2 aromatic rings. The van der Waals surface area contributed by atoms with Crippen molar-refractivity contribution in [3.8, 4) is 11.1 Å². The molecule has 5 heteroatoms. The number of hydrogen-bond donors (Lipinski definition) is 1. The molecule has 0 fully saturated rings. The van der Waals surface area contributed by atoms with Gasteiger partial charge in [0.25, 0.3) is 0 Å². The molecule has 2 rings (SSSR count). The van der Waals surface area contributed by atoms with Gasteiger partial charge in [0.15, 0.2) is 0 Å². The Kier molecular flexibility index (Phi) is 3.22. The van der Waals surface area contributed by atoms with Crippen LogP contribution in [0.1, 0.15) is 5.56 Å². The molecule has 0 saturated heterocycles. The summed E-state index contributed by atoms with van der Waals surface area (Å²) in [6.45, 7) is 0. The third kappa shape index (κ3) is 2.59. The second-order valence-electron chi connectivity index (χ2n) is 3.81. The number of nitrogen functional groups attached to an aromatic ring is 1. The van der Waals surface area contributed by atoms with Crippen LogP contribution in [0, 0.1) is 0 Å². The Bertz CT molecular complexity index is 561. The first kappa shape index (κ1) is 12.8. The highest BCUT2D eigenvalue weighted by molar-refractivity contribution is 6.33. The predicted molar refractivity (Wildman–Crippen MR) is 66.3 cm³/mol. The first-order valence-corrected chi connectivity index (χ1v) is 5.48. The fourth-order valence-corrected chi connectivity index (χ4v) is 1.69. The van der Waals surface area contributed by atoms with E-state index in [0.717, 1.165) is 17.7 Å². The summed E-state index contributed by atoms with van der Waals surface area (Å²) in [7, 11) is 0. The molecule has 0 unspecified atom stereocenters. The summed E-state index contributed by atoms with van der Waals surface area (Å²) in [5.74, 6) is 0. The van der Waals surface area contributed by atoms with Gasteiger partial charge in [-0.1, -0.05) is 29.8 Å². The van der Waals surface area contributed by atoms with Crippen LogP contribution in [0.15, 0.2) is 42.5 Å². The van der Waals surface area contributed by atoms with E-state index in [4.69, 9.17) is 17.3 Å². The molecule has 0 aliphatic carbocycles. The van der Waals surface area contributed by atoms with E-state index in [0.29, 0.717) is 16.3 Å². The van der Waals surface area contributed by atoms with Crippen LogP contribution in [0.5, 0.6) is 0 Å². The van der Waals surface area contributed by atoms with Crippen LogP contribution in [-0.2, 0) is 6.18 Å². The second kappa shape index (κ2) is 4.53. The first-order valence-electron chi connectivity index (χ1n) is 5.10. The molecular weight excluding hydrogens is 263 g/mol. The molecule has 0 radical (unpaired) electrons. The molecule has 0 spiro atoms. The van der Waals surface area contributed by atoms with Crippen LogP contribution in [0.3, 0.4) is 0 Å². The van der Waals surface area contributed by atoms with Crippen molar-refractivity contribution in [2.75, 3.05) is 5.73 Å².